The van der Waals surface area contributed by atoms with Crippen LogP contribution in [0.4, 0.5) is 0 Å². The van der Waals surface area contributed by atoms with Crippen LogP contribution in [0.5, 0.6) is 0 Å². The first-order valence-corrected chi connectivity index (χ1v) is 7.06. The Morgan fingerprint density at radius 1 is 1.45 bits per heavy atom. The van der Waals surface area contributed by atoms with Crippen molar-refractivity contribution in [1.29, 1.82) is 0 Å². The number of hydrogen-bond acceptors (Lipinski definition) is 3. The Bertz CT molecular complexity index is 519. The van der Waals surface area contributed by atoms with E-state index in [0.29, 0.717) is 25.3 Å². The Hall–Kier alpha value is -1.62. The van der Waals surface area contributed by atoms with Gasteiger partial charge in [0, 0.05) is 31.3 Å². The van der Waals surface area contributed by atoms with Crippen LogP contribution >= 0.6 is 0 Å². The maximum Gasteiger partial charge on any atom is 0.268 e. The highest BCUT2D eigenvalue weighted by atomic mass is 16.5. The summed E-state index contributed by atoms with van der Waals surface area (Å²) < 4.78 is 5.04. The number of rotatable bonds is 5. The van der Waals surface area contributed by atoms with Gasteiger partial charge in [0.25, 0.3) is 5.91 Å². The van der Waals surface area contributed by atoms with Crippen LogP contribution in [-0.4, -0.2) is 36.9 Å². The molecule has 0 bridgehead atoms. The number of amides is 1. The molecule has 0 aliphatic heterocycles. The van der Waals surface area contributed by atoms with Crippen molar-refractivity contribution in [2.75, 3.05) is 20.3 Å². The second-order valence-electron chi connectivity index (χ2n) is 5.53. The minimum absolute atomic E-state index is 0.145. The quantitative estimate of drug-likeness (QED) is 0.863. The lowest BCUT2D eigenvalue weighted by Gasteiger charge is -2.11. The maximum atomic E-state index is 12.2. The monoisotopic (exact) mass is 278 g/mol. The summed E-state index contributed by atoms with van der Waals surface area (Å²) in [7, 11) is 1.65. The number of ketones is 1. The molecule has 1 aromatic rings. The number of hydrogen-bond donors (Lipinski definition) is 2. The molecule has 0 aromatic carbocycles. The van der Waals surface area contributed by atoms with E-state index in [-0.39, 0.29) is 17.6 Å². The predicted molar refractivity (Wildman–Crippen MR) is 76.2 cm³/mol. The van der Waals surface area contributed by atoms with Crippen molar-refractivity contribution in [3.63, 3.8) is 0 Å². The molecule has 5 heteroatoms. The molecule has 1 aliphatic rings. The second kappa shape index (κ2) is 6.22. The van der Waals surface area contributed by atoms with Gasteiger partial charge < -0.3 is 15.0 Å². The summed E-state index contributed by atoms with van der Waals surface area (Å²) in [6, 6.07) is 0. The number of H-pyrrole nitrogens is 1. The van der Waals surface area contributed by atoms with E-state index in [9.17, 15) is 9.59 Å². The zero-order chi connectivity index (χ0) is 14.7. The Morgan fingerprint density at radius 3 is 2.85 bits per heavy atom. The number of aromatic amines is 1. The SMILES string of the molecule is COC[C@@H](C)CNC(=O)c1[nH]c2c(c1C)C(=O)CCC2. The van der Waals surface area contributed by atoms with E-state index in [2.05, 4.69) is 10.3 Å². The summed E-state index contributed by atoms with van der Waals surface area (Å²) in [5.41, 5.74) is 2.94. The van der Waals surface area contributed by atoms with Gasteiger partial charge in [-0.15, -0.1) is 0 Å². The first-order valence-electron chi connectivity index (χ1n) is 7.06. The van der Waals surface area contributed by atoms with E-state index >= 15 is 0 Å². The van der Waals surface area contributed by atoms with Gasteiger partial charge in [0.05, 0.1) is 6.61 Å². The van der Waals surface area contributed by atoms with Crippen molar-refractivity contribution in [3.05, 3.63) is 22.5 Å². The molecule has 0 radical (unpaired) electrons. The molecule has 0 unspecified atom stereocenters. The van der Waals surface area contributed by atoms with Crippen molar-refractivity contribution >= 4 is 11.7 Å². The molecule has 1 heterocycles. The molecule has 5 nitrogen and oxygen atoms in total. The summed E-state index contributed by atoms with van der Waals surface area (Å²) in [6.07, 6.45) is 2.28. The minimum atomic E-state index is -0.146. The molecule has 1 aliphatic carbocycles. The van der Waals surface area contributed by atoms with Crippen LogP contribution in [0.25, 0.3) is 0 Å². The summed E-state index contributed by atoms with van der Waals surface area (Å²) in [5, 5.41) is 2.89. The number of methoxy groups -OCH3 is 1. The zero-order valence-electron chi connectivity index (χ0n) is 12.3. The third-order valence-corrected chi connectivity index (χ3v) is 3.73. The van der Waals surface area contributed by atoms with Gasteiger partial charge in [0.2, 0.25) is 0 Å². The van der Waals surface area contributed by atoms with Gasteiger partial charge >= 0.3 is 0 Å². The lowest BCUT2D eigenvalue weighted by atomic mass is 9.94. The molecule has 1 atom stereocenters. The Balaban J connectivity index is 2.09. The van der Waals surface area contributed by atoms with E-state index in [1.54, 1.807) is 7.11 Å². The van der Waals surface area contributed by atoms with E-state index < -0.39 is 0 Å². The predicted octanol–water partition coefficient (Wildman–Crippen LogP) is 1.85. The van der Waals surface area contributed by atoms with Crippen LogP contribution in [0.2, 0.25) is 0 Å². The second-order valence-corrected chi connectivity index (χ2v) is 5.53. The molecule has 1 aromatic heterocycles. The van der Waals surface area contributed by atoms with Gasteiger partial charge in [-0.2, -0.15) is 0 Å². The van der Waals surface area contributed by atoms with Crippen LogP contribution in [-0.2, 0) is 11.2 Å². The number of nitrogens with one attached hydrogen (secondary N) is 2. The number of carbonyl (C=O) groups is 2. The highest BCUT2D eigenvalue weighted by Gasteiger charge is 2.26. The lowest BCUT2D eigenvalue weighted by molar-refractivity contribution is 0.0928. The van der Waals surface area contributed by atoms with Crippen LogP contribution in [0, 0.1) is 12.8 Å². The number of ether oxygens (including phenoxy) is 1. The Kier molecular flexibility index (Phi) is 4.60. The molecule has 20 heavy (non-hydrogen) atoms. The van der Waals surface area contributed by atoms with E-state index in [4.69, 9.17) is 4.74 Å². The first kappa shape index (κ1) is 14.8. The molecule has 110 valence electrons. The fraction of sp³-hybridized carbons (Fsp3) is 0.600. The molecule has 2 rings (SSSR count). The molecular formula is C15H22N2O3. The molecule has 0 fully saturated rings. The first-order chi connectivity index (χ1) is 9.54. The number of aromatic nitrogens is 1. The van der Waals surface area contributed by atoms with Gasteiger partial charge in [0.15, 0.2) is 5.78 Å². The molecule has 0 saturated heterocycles. The fourth-order valence-corrected chi connectivity index (χ4v) is 2.70. The number of fused-ring (bicyclic) bond motifs is 1. The Labute approximate surface area is 119 Å². The van der Waals surface area contributed by atoms with Crippen molar-refractivity contribution in [2.24, 2.45) is 5.92 Å². The van der Waals surface area contributed by atoms with E-state index in [1.165, 1.54) is 0 Å². The van der Waals surface area contributed by atoms with Crippen LogP contribution in [0.3, 0.4) is 0 Å². The maximum absolute atomic E-state index is 12.2. The Morgan fingerprint density at radius 2 is 2.20 bits per heavy atom. The van der Waals surface area contributed by atoms with Crippen molar-refractivity contribution in [1.82, 2.24) is 10.3 Å². The van der Waals surface area contributed by atoms with Crippen LogP contribution in [0.15, 0.2) is 0 Å². The third-order valence-electron chi connectivity index (χ3n) is 3.73. The highest BCUT2D eigenvalue weighted by Crippen LogP contribution is 2.26. The van der Waals surface area contributed by atoms with Gasteiger partial charge in [0.1, 0.15) is 5.69 Å². The van der Waals surface area contributed by atoms with E-state index in [1.807, 2.05) is 13.8 Å². The average Bonchev–Trinajstić information content (AvgIpc) is 2.75. The number of carbonyl (C=O) groups excluding carboxylic acids is 2. The summed E-state index contributed by atoms with van der Waals surface area (Å²) >= 11 is 0. The minimum Gasteiger partial charge on any atom is -0.384 e. The van der Waals surface area contributed by atoms with Crippen LogP contribution in [0.1, 0.15) is 51.9 Å². The molecule has 0 spiro atoms. The van der Waals surface area contributed by atoms with Gasteiger partial charge in [-0.3, -0.25) is 9.59 Å². The molecule has 2 N–H and O–H groups in total. The lowest BCUT2D eigenvalue weighted by Crippen LogP contribution is -2.30. The molecule has 1 amide bonds. The molecule has 0 saturated carbocycles. The number of aryl methyl sites for hydroxylation is 1. The normalized spacial score (nSPS) is 15.8. The summed E-state index contributed by atoms with van der Waals surface area (Å²) in [4.78, 5) is 27.3. The van der Waals surface area contributed by atoms with Crippen molar-refractivity contribution < 1.29 is 14.3 Å². The average molecular weight is 278 g/mol. The van der Waals surface area contributed by atoms with Gasteiger partial charge in [-0.25, -0.2) is 0 Å². The molecular weight excluding hydrogens is 256 g/mol. The highest BCUT2D eigenvalue weighted by molar-refractivity contribution is 6.04. The van der Waals surface area contributed by atoms with Crippen molar-refractivity contribution in [3.8, 4) is 0 Å². The smallest absolute Gasteiger partial charge is 0.268 e. The van der Waals surface area contributed by atoms with Crippen LogP contribution < -0.4 is 5.32 Å². The summed E-state index contributed by atoms with van der Waals surface area (Å²) in [5.74, 6) is 0.259. The van der Waals surface area contributed by atoms with Crippen molar-refractivity contribution in [2.45, 2.75) is 33.1 Å². The third kappa shape index (κ3) is 2.93. The van der Waals surface area contributed by atoms with Gasteiger partial charge in [-0.05, 0) is 31.2 Å². The number of Topliss-reactive ketones (excluding diaryl/α,β-unsaturated/α-hetero) is 1. The topological polar surface area (TPSA) is 71.2 Å². The van der Waals surface area contributed by atoms with Gasteiger partial charge in [-0.1, -0.05) is 6.92 Å². The largest absolute Gasteiger partial charge is 0.384 e. The fourth-order valence-electron chi connectivity index (χ4n) is 2.70. The zero-order valence-corrected chi connectivity index (χ0v) is 12.3. The summed E-state index contributed by atoms with van der Waals surface area (Å²) in [6.45, 7) is 5.02. The standard InChI is InChI=1S/C15H22N2O3/c1-9(8-20-3)7-16-15(19)14-10(2)13-11(17-14)5-4-6-12(13)18/h9,17H,4-8H2,1-3H3,(H,16,19)/t9-/m0/s1. The van der Waals surface area contributed by atoms with E-state index in [0.717, 1.165) is 29.7 Å².